The lowest BCUT2D eigenvalue weighted by Crippen LogP contribution is -2.42. The summed E-state index contributed by atoms with van der Waals surface area (Å²) in [7, 11) is 1.55. The first kappa shape index (κ1) is 21.1. The monoisotopic (exact) mass is 408 g/mol. The van der Waals surface area contributed by atoms with Gasteiger partial charge in [0.1, 0.15) is 5.75 Å². The fourth-order valence-electron chi connectivity index (χ4n) is 2.56. The maximum Gasteiger partial charge on any atom is 0.263 e. The molecule has 27 heavy (non-hydrogen) atoms. The summed E-state index contributed by atoms with van der Waals surface area (Å²) in [5, 5.41) is 3.64. The molecule has 2 amide bonds. The Kier molecular flexibility index (Phi) is 7.51. The normalized spacial score (nSPS) is 11.6. The highest BCUT2D eigenvalue weighted by molar-refractivity contribution is 6.35. The van der Waals surface area contributed by atoms with Gasteiger partial charge >= 0.3 is 0 Å². The number of ether oxygens (including phenoxy) is 1. The maximum atomic E-state index is 12.5. The summed E-state index contributed by atoms with van der Waals surface area (Å²) in [5.41, 5.74) is 1.79. The molecule has 0 spiro atoms. The van der Waals surface area contributed by atoms with E-state index in [0.717, 1.165) is 17.7 Å². The lowest BCUT2D eigenvalue weighted by Gasteiger charge is -2.22. The van der Waals surface area contributed by atoms with Crippen LogP contribution < -0.4 is 10.1 Å². The van der Waals surface area contributed by atoms with E-state index in [9.17, 15) is 9.59 Å². The Labute approximate surface area is 169 Å². The van der Waals surface area contributed by atoms with Gasteiger partial charge in [0, 0.05) is 17.8 Å². The van der Waals surface area contributed by atoms with Crippen LogP contribution in [0.2, 0.25) is 10.0 Å². The number of likely N-dealkylation sites (N-methyl/N-ethyl adjacent to an activating group) is 1. The number of nitrogens with zero attached hydrogens (tertiary/aromatic N) is 1. The van der Waals surface area contributed by atoms with Crippen molar-refractivity contribution in [3.63, 3.8) is 0 Å². The van der Waals surface area contributed by atoms with Gasteiger partial charge in [-0.05, 0) is 43.2 Å². The van der Waals surface area contributed by atoms with Crippen molar-refractivity contribution in [2.24, 2.45) is 0 Å². The highest BCUT2D eigenvalue weighted by atomic mass is 35.5. The predicted molar refractivity (Wildman–Crippen MR) is 109 cm³/mol. The van der Waals surface area contributed by atoms with Crippen molar-refractivity contribution >= 4 is 40.7 Å². The van der Waals surface area contributed by atoms with Crippen LogP contribution in [0.25, 0.3) is 0 Å². The topological polar surface area (TPSA) is 58.6 Å². The molecule has 1 unspecified atom stereocenters. The SMILES string of the molecule is CCc1ccccc1NC(=O)CN(C)C(=O)C(C)Oc1ccc(Cl)cc1Cl. The number of aryl methyl sites for hydroxylation is 1. The third-order valence-electron chi connectivity index (χ3n) is 3.97. The van der Waals surface area contributed by atoms with Crippen LogP contribution in [0.3, 0.4) is 0 Å². The van der Waals surface area contributed by atoms with E-state index in [1.165, 1.54) is 11.0 Å². The van der Waals surface area contributed by atoms with E-state index in [4.69, 9.17) is 27.9 Å². The average Bonchev–Trinajstić information content (AvgIpc) is 2.63. The summed E-state index contributed by atoms with van der Waals surface area (Å²) >= 11 is 11.9. The fraction of sp³-hybridized carbons (Fsp3) is 0.300. The Morgan fingerprint density at radius 3 is 2.56 bits per heavy atom. The highest BCUT2D eigenvalue weighted by Crippen LogP contribution is 2.28. The smallest absolute Gasteiger partial charge is 0.263 e. The number of benzene rings is 2. The molecule has 0 aliphatic heterocycles. The Hall–Kier alpha value is -2.24. The molecule has 144 valence electrons. The molecule has 1 atom stereocenters. The summed E-state index contributed by atoms with van der Waals surface area (Å²) in [4.78, 5) is 26.1. The Morgan fingerprint density at radius 1 is 1.19 bits per heavy atom. The molecule has 2 aromatic rings. The van der Waals surface area contributed by atoms with E-state index in [1.54, 1.807) is 26.1 Å². The molecule has 0 saturated carbocycles. The second-order valence-electron chi connectivity index (χ2n) is 6.09. The largest absolute Gasteiger partial charge is 0.479 e. The number of hydrogen-bond donors (Lipinski definition) is 1. The van der Waals surface area contributed by atoms with Crippen molar-refractivity contribution in [3.8, 4) is 5.75 Å². The van der Waals surface area contributed by atoms with Gasteiger partial charge in [-0.25, -0.2) is 0 Å². The lowest BCUT2D eigenvalue weighted by atomic mass is 10.1. The van der Waals surface area contributed by atoms with E-state index < -0.39 is 6.10 Å². The number of halogens is 2. The summed E-state index contributed by atoms with van der Waals surface area (Å²) in [6.07, 6.45) is 0.00204. The number of anilines is 1. The zero-order chi connectivity index (χ0) is 20.0. The summed E-state index contributed by atoms with van der Waals surface area (Å²) in [6, 6.07) is 12.3. The minimum absolute atomic E-state index is 0.0844. The van der Waals surface area contributed by atoms with E-state index in [1.807, 2.05) is 31.2 Å². The van der Waals surface area contributed by atoms with Crippen LogP contribution in [0.4, 0.5) is 5.69 Å². The van der Waals surface area contributed by atoms with Gasteiger partial charge in [0.25, 0.3) is 5.91 Å². The van der Waals surface area contributed by atoms with Crippen molar-refractivity contribution < 1.29 is 14.3 Å². The molecular weight excluding hydrogens is 387 g/mol. The Balaban J connectivity index is 1.94. The average molecular weight is 409 g/mol. The molecule has 0 aromatic heterocycles. The molecule has 0 fully saturated rings. The van der Waals surface area contributed by atoms with Crippen LogP contribution in [0.15, 0.2) is 42.5 Å². The van der Waals surface area contributed by atoms with Crippen LogP contribution in [0, 0.1) is 0 Å². The van der Waals surface area contributed by atoms with Crippen LogP contribution in [-0.4, -0.2) is 36.4 Å². The maximum absolute atomic E-state index is 12.5. The third-order valence-corrected chi connectivity index (χ3v) is 4.51. The van der Waals surface area contributed by atoms with Crippen LogP contribution in [0.1, 0.15) is 19.4 Å². The van der Waals surface area contributed by atoms with Crippen LogP contribution in [0.5, 0.6) is 5.75 Å². The van der Waals surface area contributed by atoms with Gasteiger partial charge in [0.05, 0.1) is 11.6 Å². The van der Waals surface area contributed by atoms with E-state index in [2.05, 4.69) is 5.32 Å². The zero-order valence-corrected chi connectivity index (χ0v) is 17.0. The fourth-order valence-corrected chi connectivity index (χ4v) is 3.01. The van der Waals surface area contributed by atoms with Crippen molar-refractivity contribution in [2.75, 3.05) is 18.9 Å². The van der Waals surface area contributed by atoms with E-state index >= 15 is 0 Å². The summed E-state index contributed by atoms with van der Waals surface area (Å²) < 4.78 is 5.61. The first-order chi connectivity index (χ1) is 12.8. The molecule has 0 radical (unpaired) electrons. The predicted octanol–water partition coefficient (Wildman–Crippen LogP) is 4.42. The molecule has 2 rings (SSSR count). The Bertz CT molecular complexity index is 827. The summed E-state index contributed by atoms with van der Waals surface area (Å²) in [5.74, 6) is -0.250. The second kappa shape index (κ2) is 9.62. The second-order valence-corrected chi connectivity index (χ2v) is 6.93. The van der Waals surface area contributed by atoms with Gasteiger partial charge in [0.15, 0.2) is 6.10 Å². The van der Waals surface area contributed by atoms with Gasteiger partial charge in [-0.2, -0.15) is 0 Å². The van der Waals surface area contributed by atoms with Crippen molar-refractivity contribution in [1.29, 1.82) is 0 Å². The number of hydrogen-bond acceptors (Lipinski definition) is 3. The molecule has 1 N–H and O–H groups in total. The number of nitrogens with one attached hydrogen (secondary N) is 1. The minimum Gasteiger partial charge on any atom is -0.479 e. The van der Waals surface area contributed by atoms with Crippen molar-refractivity contribution in [1.82, 2.24) is 4.90 Å². The van der Waals surface area contributed by atoms with Crippen LogP contribution in [-0.2, 0) is 16.0 Å². The first-order valence-corrected chi connectivity index (χ1v) is 9.31. The van der Waals surface area contributed by atoms with Crippen molar-refractivity contribution in [2.45, 2.75) is 26.4 Å². The standard InChI is InChI=1S/C20H22Cl2N2O3/c1-4-14-7-5-6-8-17(14)23-19(25)12-24(3)20(26)13(2)27-18-10-9-15(21)11-16(18)22/h5-11,13H,4,12H2,1-3H3,(H,23,25). The third kappa shape index (κ3) is 5.88. The van der Waals surface area contributed by atoms with E-state index in [-0.39, 0.29) is 18.4 Å². The molecule has 5 nitrogen and oxygen atoms in total. The van der Waals surface area contributed by atoms with Gasteiger partial charge in [0.2, 0.25) is 5.91 Å². The Morgan fingerprint density at radius 2 is 1.89 bits per heavy atom. The first-order valence-electron chi connectivity index (χ1n) is 8.56. The number of para-hydroxylation sites is 1. The van der Waals surface area contributed by atoms with Crippen molar-refractivity contribution in [3.05, 3.63) is 58.1 Å². The van der Waals surface area contributed by atoms with Gasteiger partial charge in [-0.1, -0.05) is 48.3 Å². The lowest BCUT2D eigenvalue weighted by molar-refractivity contribution is -0.139. The number of amides is 2. The highest BCUT2D eigenvalue weighted by Gasteiger charge is 2.22. The number of rotatable bonds is 7. The molecule has 7 heteroatoms. The number of carbonyl (C=O) groups excluding carboxylic acids is 2. The summed E-state index contributed by atoms with van der Waals surface area (Å²) in [6.45, 7) is 3.54. The quantitative estimate of drug-likeness (QED) is 0.737. The van der Waals surface area contributed by atoms with Gasteiger partial charge < -0.3 is 15.0 Å². The molecule has 0 bridgehead atoms. The molecule has 0 saturated heterocycles. The van der Waals surface area contributed by atoms with Gasteiger partial charge in [-0.15, -0.1) is 0 Å². The van der Waals surface area contributed by atoms with Gasteiger partial charge in [-0.3, -0.25) is 9.59 Å². The minimum atomic E-state index is -0.801. The molecular formula is C20H22Cl2N2O3. The molecule has 2 aromatic carbocycles. The van der Waals surface area contributed by atoms with E-state index in [0.29, 0.717) is 15.8 Å². The number of carbonyl (C=O) groups is 2. The van der Waals surface area contributed by atoms with Crippen LogP contribution >= 0.6 is 23.2 Å². The zero-order valence-electron chi connectivity index (χ0n) is 15.5. The molecule has 0 aliphatic rings. The molecule has 0 heterocycles. The molecule has 0 aliphatic carbocycles.